The molecule has 2 aromatic heterocycles. The largest absolute Gasteiger partial charge is 0.352 e. The second-order valence-electron chi connectivity index (χ2n) is 10.0. The molecule has 1 aliphatic carbocycles. The molecule has 36 heavy (non-hydrogen) atoms. The molecule has 188 valence electrons. The number of hydrogen-bond acceptors (Lipinski definition) is 4. The highest BCUT2D eigenvalue weighted by Crippen LogP contribution is 2.19. The van der Waals surface area contributed by atoms with Crippen molar-refractivity contribution in [1.29, 1.82) is 0 Å². The molecule has 0 spiro atoms. The predicted octanol–water partition coefficient (Wildman–Crippen LogP) is 3.95. The van der Waals surface area contributed by atoms with Crippen LogP contribution in [0.25, 0.3) is 16.7 Å². The maximum atomic E-state index is 13.7. The standard InChI is InChI=1S/C28H33N5O3/c1-4-14-31-26(35)23-13-12-20(25(34)29-22-8-6-5-7-9-22)16-24(23)33-27(31)30-32(28(33)36)17-21-15-18(2)10-11-19(21)3/h10-13,15-16,22H,4-9,14,17H2,1-3H3,(H,29,34). The van der Waals surface area contributed by atoms with E-state index in [4.69, 9.17) is 0 Å². The van der Waals surface area contributed by atoms with Crippen molar-refractivity contribution in [1.82, 2.24) is 24.1 Å². The Morgan fingerprint density at radius 1 is 1.06 bits per heavy atom. The third kappa shape index (κ3) is 4.36. The first kappa shape index (κ1) is 24.0. The quantitative estimate of drug-likeness (QED) is 0.446. The van der Waals surface area contributed by atoms with E-state index in [0.29, 0.717) is 35.3 Å². The molecule has 1 amide bonds. The van der Waals surface area contributed by atoms with Crippen molar-refractivity contribution in [2.75, 3.05) is 0 Å². The summed E-state index contributed by atoms with van der Waals surface area (Å²) in [4.78, 5) is 40.1. The van der Waals surface area contributed by atoms with Gasteiger partial charge < -0.3 is 5.32 Å². The molecule has 0 saturated heterocycles. The van der Waals surface area contributed by atoms with E-state index in [9.17, 15) is 14.4 Å². The van der Waals surface area contributed by atoms with E-state index >= 15 is 0 Å². The molecule has 8 nitrogen and oxygen atoms in total. The van der Waals surface area contributed by atoms with Crippen molar-refractivity contribution in [3.63, 3.8) is 0 Å². The summed E-state index contributed by atoms with van der Waals surface area (Å²) in [5.41, 5.74) is 3.50. The van der Waals surface area contributed by atoms with Gasteiger partial charge in [-0.15, -0.1) is 5.10 Å². The summed E-state index contributed by atoms with van der Waals surface area (Å²) in [5, 5.41) is 8.13. The summed E-state index contributed by atoms with van der Waals surface area (Å²) in [6, 6.07) is 11.3. The van der Waals surface area contributed by atoms with Crippen LogP contribution in [-0.2, 0) is 13.1 Å². The van der Waals surface area contributed by atoms with Crippen LogP contribution in [0.15, 0.2) is 46.0 Å². The molecule has 0 unspecified atom stereocenters. The average molecular weight is 488 g/mol. The molecule has 1 N–H and O–H groups in total. The first-order chi connectivity index (χ1) is 17.4. The van der Waals surface area contributed by atoms with Gasteiger partial charge in [-0.1, -0.05) is 49.9 Å². The highest BCUT2D eigenvalue weighted by atomic mass is 16.2. The van der Waals surface area contributed by atoms with Crippen LogP contribution in [0.5, 0.6) is 0 Å². The van der Waals surface area contributed by atoms with Gasteiger partial charge in [-0.3, -0.25) is 14.2 Å². The number of aromatic nitrogens is 4. The first-order valence-electron chi connectivity index (χ1n) is 12.9. The second kappa shape index (κ2) is 9.76. The number of benzene rings is 2. The fraction of sp³-hybridized carbons (Fsp3) is 0.429. The van der Waals surface area contributed by atoms with Gasteiger partial charge in [0.05, 0.1) is 17.4 Å². The number of rotatable bonds is 6. The van der Waals surface area contributed by atoms with Crippen LogP contribution in [0, 0.1) is 13.8 Å². The third-order valence-electron chi connectivity index (χ3n) is 7.25. The number of aryl methyl sites for hydroxylation is 3. The number of amides is 1. The molecule has 0 atom stereocenters. The number of carbonyl (C=O) groups is 1. The van der Waals surface area contributed by atoms with E-state index in [2.05, 4.69) is 16.5 Å². The van der Waals surface area contributed by atoms with E-state index in [-0.39, 0.29) is 23.2 Å². The molecule has 0 bridgehead atoms. The zero-order valence-electron chi connectivity index (χ0n) is 21.2. The highest BCUT2D eigenvalue weighted by Gasteiger charge is 2.21. The zero-order chi connectivity index (χ0) is 25.4. The summed E-state index contributed by atoms with van der Waals surface area (Å²) >= 11 is 0. The van der Waals surface area contributed by atoms with Gasteiger partial charge in [0.25, 0.3) is 11.5 Å². The van der Waals surface area contributed by atoms with E-state index in [1.54, 1.807) is 22.8 Å². The monoisotopic (exact) mass is 487 g/mol. The molecule has 8 heteroatoms. The van der Waals surface area contributed by atoms with Crippen LogP contribution in [0.1, 0.15) is 72.5 Å². The molecule has 5 rings (SSSR count). The lowest BCUT2D eigenvalue weighted by atomic mass is 9.95. The maximum Gasteiger partial charge on any atom is 0.352 e. The lowest BCUT2D eigenvalue weighted by molar-refractivity contribution is 0.0928. The Bertz CT molecular complexity index is 1570. The van der Waals surface area contributed by atoms with Gasteiger partial charge in [-0.05, 0) is 62.4 Å². The van der Waals surface area contributed by atoms with E-state index in [1.807, 2.05) is 32.9 Å². The molecule has 1 aliphatic rings. The Kier molecular flexibility index (Phi) is 6.51. The molecule has 1 fully saturated rings. The molecular formula is C28H33N5O3. The van der Waals surface area contributed by atoms with Crippen LogP contribution >= 0.6 is 0 Å². The van der Waals surface area contributed by atoms with Gasteiger partial charge in [0.15, 0.2) is 0 Å². The molecule has 4 aromatic rings. The third-order valence-corrected chi connectivity index (χ3v) is 7.25. The van der Waals surface area contributed by atoms with Crippen LogP contribution in [0.2, 0.25) is 0 Å². The lowest BCUT2D eigenvalue weighted by Crippen LogP contribution is -2.36. The fourth-order valence-electron chi connectivity index (χ4n) is 5.23. The summed E-state index contributed by atoms with van der Waals surface area (Å²) in [5.74, 6) is 0.125. The summed E-state index contributed by atoms with van der Waals surface area (Å²) in [7, 11) is 0. The molecule has 2 heterocycles. The molecular weight excluding hydrogens is 454 g/mol. The molecule has 1 saturated carbocycles. The van der Waals surface area contributed by atoms with Gasteiger partial charge in [-0.2, -0.15) is 0 Å². The Morgan fingerprint density at radius 2 is 1.83 bits per heavy atom. The van der Waals surface area contributed by atoms with Gasteiger partial charge in [0, 0.05) is 18.2 Å². The Balaban J connectivity index is 1.65. The van der Waals surface area contributed by atoms with Crippen molar-refractivity contribution in [2.45, 2.75) is 78.4 Å². The second-order valence-corrected chi connectivity index (χ2v) is 10.0. The van der Waals surface area contributed by atoms with E-state index < -0.39 is 0 Å². The van der Waals surface area contributed by atoms with Crippen LogP contribution in [0.3, 0.4) is 0 Å². The van der Waals surface area contributed by atoms with Crippen molar-refractivity contribution in [2.24, 2.45) is 0 Å². The zero-order valence-corrected chi connectivity index (χ0v) is 21.2. The molecule has 0 radical (unpaired) electrons. The van der Waals surface area contributed by atoms with Crippen molar-refractivity contribution in [3.05, 3.63) is 79.5 Å². The normalized spacial score (nSPS) is 14.5. The van der Waals surface area contributed by atoms with Gasteiger partial charge in [0.2, 0.25) is 5.78 Å². The van der Waals surface area contributed by atoms with Crippen LogP contribution in [0.4, 0.5) is 0 Å². The van der Waals surface area contributed by atoms with Crippen molar-refractivity contribution in [3.8, 4) is 0 Å². The Morgan fingerprint density at radius 3 is 2.58 bits per heavy atom. The highest BCUT2D eigenvalue weighted by molar-refractivity contribution is 5.98. The average Bonchev–Trinajstić information content (AvgIpc) is 3.20. The predicted molar refractivity (Wildman–Crippen MR) is 141 cm³/mol. The lowest BCUT2D eigenvalue weighted by Gasteiger charge is -2.22. The van der Waals surface area contributed by atoms with Gasteiger partial charge >= 0.3 is 5.69 Å². The minimum atomic E-state index is -0.328. The summed E-state index contributed by atoms with van der Waals surface area (Å²) < 4.78 is 4.46. The number of nitrogens with one attached hydrogen (secondary N) is 1. The number of fused-ring (bicyclic) bond motifs is 3. The van der Waals surface area contributed by atoms with Gasteiger partial charge in [0.1, 0.15) is 0 Å². The Hall–Kier alpha value is -3.68. The van der Waals surface area contributed by atoms with Crippen molar-refractivity contribution < 1.29 is 4.79 Å². The number of carbonyl (C=O) groups excluding carboxylic acids is 1. The summed E-state index contributed by atoms with van der Waals surface area (Å²) in [6.07, 6.45) is 6.14. The minimum Gasteiger partial charge on any atom is -0.349 e. The first-order valence-corrected chi connectivity index (χ1v) is 12.9. The van der Waals surface area contributed by atoms with Crippen molar-refractivity contribution >= 4 is 22.6 Å². The van der Waals surface area contributed by atoms with Crippen LogP contribution < -0.4 is 16.6 Å². The maximum absolute atomic E-state index is 13.7. The van der Waals surface area contributed by atoms with Crippen LogP contribution in [-0.4, -0.2) is 30.7 Å². The smallest absolute Gasteiger partial charge is 0.349 e. The van der Waals surface area contributed by atoms with Gasteiger partial charge in [-0.25, -0.2) is 13.9 Å². The summed E-state index contributed by atoms with van der Waals surface area (Å²) in [6.45, 7) is 6.76. The Labute approximate surface area is 209 Å². The minimum absolute atomic E-state index is 0.169. The topological polar surface area (TPSA) is 90.4 Å². The van der Waals surface area contributed by atoms with E-state index in [0.717, 1.165) is 48.8 Å². The number of nitrogens with zero attached hydrogens (tertiary/aromatic N) is 4. The SMILES string of the molecule is CCCn1c(=O)c2ccc(C(=O)NC3CCCCC3)cc2n2c(=O)n(Cc3cc(C)ccc3C)nc12. The molecule has 0 aliphatic heterocycles. The number of hydrogen-bond donors (Lipinski definition) is 1. The molecule has 2 aromatic carbocycles. The fourth-order valence-corrected chi connectivity index (χ4v) is 5.23. The van der Waals surface area contributed by atoms with E-state index in [1.165, 1.54) is 15.5 Å².